The number of thiophene rings is 1. The third-order valence-corrected chi connectivity index (χ3v) is 5.52. The van der Waals surface area contributed by atoms with Crippen LogP contribution in [0.15, 0.2) is 12.1 Å². The number of hydrogen-bond acceptors (Lipinski definition) is 3. The van der Waals surface area contributed by atoms with Crippen LogP contribution in [0.3, 0.4) is 0 Å². The lowest BCUT2D eigenvalue weighted by Crippen LogP contribution is -2.34. The van der Waals surface area contributed by atoms with Gasteiger partial charge in [-0.25, -0.2) is 0 Å². The highest BCUT2D eigenvalue weighted by Gasteiger charge is 2.23. The van der Waals surface area contributed by atoms with Gasteiger partial charge < -0.3 is 5.11 Å². The maximum atomic E-state index is 8.74. The highest BCUT2D eigenvalue weighted by Crippen LogP contribution is 2.30. The molecule has 1 aromatic rings. The molecule has 1 aliphatic carbocycles. The Labute approximate surface area is 133 Å². The topological polar surface area (TPSA) is 23.5 Å². The molecule has 1 N–H and O–H groups in total. The number of hydrogen-bond donors (Lipinski definition) is 1. The van der Waals surface area contributed by atoms with E-state index < -0.39 is 0 Å². The second kappa shape index (κ2) is 8.58. The van der Waals surface area contributed by atoms with Crippen LogP contribution in [-0.4, -0.2) is 29.7 Å². The van der Waals surface area contributed by atoms with Gasteiger partial charge in [0.05, 0.1) is 11.5 Å². The van der Waals surface area contributed by atoms with Crippen molar-refractivity contribution in [3.8, 4) is 11.8 Å². The predicted molar refractivity (Wildman–Crippen MR) is 90.4 cm³/mol. The van der Waals surface area contributed by atoms with Crippen molar-refractivity contribution in [3.63, 3.8) is 0 Å². The number of rotatable bonds is 5. The van der Waals surface area contributed by atoms with E-state index in [-0.39, 0.29) is 6.61 Å². The lowest BCUT2D eigenvalue weighted by atomic mass is 9.84. The highest BCUT2D eigenvalue weighted by atomic mass is 32.1. The molecular weight excluding hydrogens is 278 g/mol. The minimum Gasteiger partial charge on any atom is -0.395 e. The maximum Gasteiger partial charge on any atom is 0.0771 e. The molecule has 3 heteroatoms. The number of nitrogens with zero attached hydrogens (tertiary/aromatic N) is 1. The molecule has 0 atom stereocenters. The second-order valence-electron chi connectivity index (χ2n) is 6.04. The quantitative estimate of drug-likeness (QED) is 0.835. The Kier molecular flexibility index (Phi) is 6.76. The summed E-state index contributed by atoms with van der Waals surface area (Å²) in [6.45, 7) is 3.50. The largest absolute Gasteiger partial charge is 0.395 e. The van der Waals surface area contributed by atoms with Crippen molar-refractivity contribution in [2.75, 3.05) is 13.7 Å². The fourth-order valence-corrected chi connectivity index (χ4v) is 4.05. The summed E-state index contributed by atoms with van der Waals surface area (Å²) in [4.78, 5) is 5.02. The van der Waals surface area contributed by atoms with Gasteiger partial charge in [-0.15, -0.1) is 11.3 Å². The van der Waals surface area contributed by atoms with Crippen LogP contribution in [0.1, 0.15) is 55.2 Å². The molecule has 1 aliphatic rings. The Bertz CT molecular complexity index is 477. The first-order valence-corrected chi connectivity index (χ1v) is 8.93. The van der Waals surface area contributed by atoms with Crippen LogP contribution in [0.25, 0.3) is 0 Å². The second-order valence-corrected chi connectivity index (χ2v) is 7.21. The van der Waals surface area contributed by atoms with Crippen molar-refractivity contribution in [1.29, 1.82) is 0 Å². The van der Waals surface area contributed by atoms with Gasteiger partial charge in [-0.2, -0.15) is 0 Å². The smallest absolute Gasteiger partial charge is 0.0771 e. The lowest BCUT2D eigenvalue weighted by Gasteiger charge is -2.34. The summed E-state index contributed by atoms with van der Waals surface area (Å²) in [6.07, 6.45) is 7.40. The molecule has 2 nitrogen and oxygen atoms in total. The minimum atomic E-state index is 0.147. The van der Waals surface area contributed by atoms with E-state index in [1.165, 1.54) is 37.0 Å². The molecule has 0 saturated heterocycles. The first kappa shape index (κ1) is 16.5. The van der Waals surface area contributed by atoms with E-state index in [0.717, 1.165) is 23.4 Å². The SMILES string of the molecule is CCC1CCC(N(C)Cc2ccc(C#CCCO)s2)CC1. The average Bonchev–Trinajstić information content (AvgIpc) is 2.95. The molecule has 0 spiro atoms. The van der Waals surface area contributed by atoms with Crippen molar-refractivity contribution >= 4 is 11.3 Å². The molecule has 1 heterocycles. The van der Waals surface area contributed by atoms with Crippen LogP contribution in [0.4, 0.5) is 0 Å². The van der Waals surface area contributed by atoms with Crippen molar-refractivity contribution in [2.24, 2.45) is 5.92 Å². The van der Waals surface area contributed by atoms with Gasteiger partial charge in [0, 0.05) is 23.9 Å². The van der Waals surface area contributed by atoms with Gasteiger partial charge in [-0.1, -0.05) is 25.2 Å². The van der Waals surface area contributed by atoms with Crippen molar-refractivity contribution in [3.05, 3.63) is 21.9 Å². The zero-order valence-corrected chi connectivity index (χ0v) is 14.1. The van der Waals surface area contributed by atoms with Crippen LogP contribution in [0, 0.1) is 17.8 Å². The van der Waals surface area contributed by atoms with Crippen LogP contribution in [0.5, 0.6) is 0 Å². The van der Waals surface area contributed by atoms with E-state index >= 15 is 0 Å². The minimum absolute atomic E-state index is 0.147. The standard InChI is InChI=1S/C18H27NOS/c1-3-15-7-9-16(10-8-15)19(2)14-18-12-11-17(21-18)6-4-5-13-20/h11-12,15-16,20H,3,5,7-10,13-14H2,1-2H3. The summed E-state index contributed by atoms with van der Waals surface area (Å²) in [7, 11) is 2.26. The first-order chi connectivity index (χ1) is 10.2. The summed E-state index contributed by atoms with van der Waals surface area (Å²) in [5, 5.41) is 8.74. The zero-order chi connectivity index (χ0) is 15.1. The molecule has 0 aromatic carbocycles. The van der Waals surface area contributed by atoms with E-state index in [0.29, 0.717) is 6.42 Å². The maximum absolute atomic E-state index is 8.74. The summed E-state index contributed by atoms with van der Waals surface area (Å²) in [5.74, 6) is 7.07. The lowest BCUT2D eigenvalue weighted by molar-refractivity contribution is 0.158. The van der Waals surface area contributed by atoms with Gasteiger partial charge in [0.15, 0.2) is 0 Å². The van der Waals surface area contributed by atoms with E-state index in [1.54, 1.807) is 11.3 Å². The average molecular weight is 305 g/mol. The molecule has 1 fully saturated rings. The molecule has 1 saturated carbocycles. The fraction of sp³-hybridized carbons (Fsp3) is 0.667. The summed E-state index contributed by atoms with van der Waals surface area (Å²) in [5.41, 5.74) is 0. The van der Waals surface area contributed by atoms with E-state index in [2.05, 4.69) is 42.8 Å². The van der Waals surface area contributed by atoms with Crippen LogP contribution in [0.2, 0.25) is 0 Å². The Morgan fingerprint density at radius 3 is 2.71 bits per heavy atom. The molecule has 2 rings (SSSR count). The van der Waals surface area contributed by atoms with E-state index in [9.17, 15) is 0 Å². The first-order valence-electron chi connectivity index (χ1n) is 8.11. The molecule has 0 bridgehead atoms. The van der Waals surface area contributed by atoms with E-state index in [1.807, 2.05) is 0 Å². The Morgan fingerprint density at radius 1 is 1.29 bits per heavy atom. The van der Waals surface area contributed by atoms with Crippen molar-refractivity contribution in [2.45, 2.75) is 58.0 Å². The number of aliphatic hydroxyl groups excluding tert-OH is 1. The summed E-state index contributed by atoms with van der Waals surface area (Å²) < 4.78 is 0. The monoisotopic (exact) mass is 305 g/mol. The van der Waals surface area contributed by atoms with Crippen molar-refractivity contribution in [1.82, 2.24) is 4.90 Å². The Morgan fingerprint density at radius 2 is 2.05 bits per heavy atom. The fourth-order valence-electron chi connectivity index (χ4n) is 3.10. The Hall–Kier alpha value is -0.820. The third-order valence-electron chi connectivity index (χ3n) is 4.53. The van der Waals surface area contributed by atoms with Gasteiger partial charge in [0.2, 0.25) is 0 Å². The van der Waals surface area contributed by atoms with Gasteiger partial charge in [-0.3, -0.25) is 4.90 Å². The highest BCUT2D eigenvalue weighted by molar-refractivity contribution is 7.12. The predicted octanol–water partition coefficient (Wildman–Crippen LogP) is 3.88. The Balaban J connectivity index is 1.83. The van der Waals surface area contributed by atoms with Crippen LogP contribution < -0.4 is 0 Å². The molecule has 0 amide bonds. The normalized spacial score (nSPS) is 22.1. The van der Waals surface area contributed by atoms with Gasteiger partial charge in [0.25, 0.3) is 0 Å². The van der Waals surface area contributed by atoms with Gasteiger partial charge >= 0.3 is 0 Å². The molecule has 0 aliphatic heterocycles. The molecule has 0 unspecified atom stereocenters. The van der Waals surface area contributed by atoms with Crippen molar-refractivity contribution < 1.29 is 5.11 Å². The summed E-state index contributed by atoms with van der Waals surface area (Å²) >= 11 is 1.78. The number of aliphatic hydroxyl groups is 1. The molecular formula is C18H27NOS. The molecule has 1 aromatic heterocycles. The van der Waals surface area contributed by atoms with Crippen LogP contribution >= 0.6 is 11.3 Å². The molecule has 0 radical (unpaired) electrons. The molecule has 21 heavy (non-hydrogen) atoms. The van der Waals surface area contributed by atoms with Crippen LogP contribution in [-0.2, 0) is 6.54 Å². The zero-order valence-electron chi connectivity index (χ0n) is 13.3. The van der Waals surface area contributed by atoms with Gasteiger partial charge in [0.1, 0.15) is 0 Å². The third kappa shape index (κ3) is 5.14. The summed E-state index contributed by atoms with van der Waals surface area (Å²) in [6, 6.07) is 5.05. The van der Waals surface area contributed by atoms with Gasteiger partial charge in [-0.05, 0) is 50.8 Å². The molecule has 116 valence electrons. The van der Waals surface area contributed by atoms with E-state index in [4.69, 9.17) is 5.11 Å².